The van der Waals surface area contributed by atoms with Crippen LogP contribution in [0.15, 0.2) is 53.9 Å². The van der Waals surface area contributed by atoms with Gasteiger partial charge < -0.3 is 15.3 Å². The number of nitrogens with zero attached hydrogens (tertiary/aromatic N) is 2. The maximum absolute atomic E-state index is 13.0. The molecule has 4 aromatic rings. The molecule has 1 unspecified atom stereocenters. The monoisotopic (exact) mass is 508 g/mol. The minimum atomic E-state index is -0.490. The second-order valence-corrected chi connectivity index (χ2v) is 9.29. The molecule has 0 saturated carbocycles. The molecule has 1 atom stereocenters. The number of H-pyrrole nitrogens is 1. The van der Waals surface area contributed by atoms with Crippen LogP contribution in [0.4, 0.5) is 5.69 Å². The number of carbonyl (C=O) groups excluding carboxylic acids is 2. The molecule has 35 heavy (non-hydrogen) atoms. The molecule has 3 heterocycles. The van der Waals surface area contributed by atoms with E-state index in [1.807, 2.05) is 60.9 Å². The number of likely N-dealkylation sites (tertiary alicyclic amines) is 1. The summed E-state index contributed by atoms with van der Waals surface area (Å²) in [7, 11) is 0. The fourth-order valence-electron chi connectivity index (χ4n) is 4.12. The summed E-state index contributed by atoms with van der Waals surface area (Å²) in [4.78, 5) is 28.2. The number of para-hydroxylation sites is 1. The predicted molar refractivity (Wildman–Crippen MR) is 142 cm³/mol. The largest absolute Gasteiger partial charge is 0.391 e. The van der Waals surface area contributed by atoms with Gasteiger partial charge in [-0.3, -0.25) is 14.7 Å². The Morgan fingerprint density at radius 1 is 1.20 bits per heavy atom. The third-order valence-corrected chi connectivity index (χ3v) is 7.00. The zero-order valence-electron chi connectivity index (χ0n) is 19.0. The van der Waals surface area contributed by atoms with E-state index in [2.05, 4.69) is 15.5 Å². The van der Waals surface area contributed by atoms with E-state index in [-0.39, 0.29) is 24.2 Å². The highest BCUT2D eigenvalue weighted by Gasteiger charge is 2.26. The average Bonchev–Trinajstić information content (AvgIpc) is 3.57. The molecule has 3 N–H and O–H groups in total. The van der Waals surface area contributed by atoms with E-state index in [9.17, 15) is 14.7 Å². The topological polar surface area (TPSA) is 98.3 Å². The number of halogens is 1. The van der Waals surface area contributed by atoms with E-state index < -0.39 is 6.10 Å². The SMILES string of the molecule is Cc1ccsc1C(=O)Nc1cc(C(=O)N2CCC(O)C2)ccc1/C=C/c1n[nH]c2ccccc12.Cl. The van der Waals surface area contributed by atoms with Gasteiger partial charge in [0.2, 0.25) is 0 Å². The lowest BCUT2D eigenvalue weighted by Crippen LogP contribution is -2.29. The number of aryl methyl sites for hydroxylation is 1. The lowest BCUT2D eigenvalue weighted by molar-refractivity contribution is 0.0764. The first kappa shape index (κ1) is 24.7. The molecule has 0 radical (unpaired) electrons. The first-order valence-electron chi connectivity index (χ1n) is 11.1. The van der Waals surface area contributed by atoms with E-state index in [0.29, 0.717) is 35.6 Å². The van der Waals surface area contributed by atoms with Crippen molar-refractivity contribution >= 4 is 64.3 Å². The van der Waals surface area contributed by atoms with Crippen LogP contribution in [-0.2, 0) is 0 Å². The standard InChI is InChI=1S/C26H24N4O3S.ClH/c1-16-11-13-34-24(16)25(32)27-23-14-18(26(33)30-12-10-19(31)15-30)7-6-17(23)8-9-22-20-4-2-3-5-21(20)28-29-22;/h2-9,11,13-14,19,31H,10,12,15H2,1H3,(H,27,32)(H,28,29);1H/b9-8+;. The van der Waals surface area contributed by atoms with Gasteiger partial charge in [0, 0.05) is 29.7 Å². The summed E-state index contributed by atoms with van der Waals surface area (Å²) in [6.07, 6.45) is 3.85. The summed E-state index contributed by atoms with van der Waals surface area (Å²) in [5.74, 6) is -0.373. The molecule has 2 aromatic carbocycles. The van der Waals surface area contributed by atoms with E-state index in [1.54, 1.807) is 17.0 Å². The van der Waals surface area contributed by atoms with Crippen molar-refractivity contribution in [1.82, 2.24) is 15.1 Å². The first-order valence-corrected chi connectivity index (χ1v) is 12.0. The molecule has 7 nitrogen and oxygen atoms in total. The van der Waals surface area contributed by atoms with Gasteiger partial charge in [-0.1, -0.05) is 30.3 Å². The number of aliphatic hydroxyl groups excluding tert-OH is 1. The van der Waals surface area contributed by atoms with Crippen molar-refractivity contribution < 1.29 is 14.7 Å². The van der Waals surface area contributed by atoms with Gasteiger partial charge in [-0.25, -0.2) is 0 Å². The number of hydrogen-bond donors (Lipinski definition) is 3. The number of rotatable bonds is 5. The fraction of sp³-hybridized carbons (Fsp3) is 0.192. The molecule has 0 spiro atoms. The van der Waals surface area contributed by atoms with Gasteiger partial charge in [-0.05, 0) is 60.2 Å². The first-order chi connectivity index (χ1) is 16.5. The Hall–Kier alpha value is -3.46. The van der Waals surface area contributed by atoms with Crippen molar-refractivity contribution in [2.75, 3.05) is 18.4 Å². The maximum Gasteiger partial charge on any atom is 0.266 e. The summed E-state index contributed by atoms with van der Waals surface area (Å²) in [6, 6.07) is 15.0. The fourth-order valence-corrected chi connectivity index (χ4v) is 4.94. The number of aromatic nitrogens is 2. The summed E-state index contributed by atoms with van der Waals surface area (Å²) in [6.45, 7) is 2.74. The van der Waals surface area contributed by atoms with Gasteiger partial charge in [0.15, 0.2) is 0 Å². The molecule has 5 rings (SSSR count). The van der Waals surface area contributed by atoms with Crippen LogP contribution in [0.3, 0.4) is 0 Å². The van der Waals surface area contributed by atoms with Gasteiger partial charge in [0.05, 0.1) is 22.2 Å². The molecule has 0 bridgehead atoms. The number of nitrogens with one attached hydrogen (secondary N) is 2. The molecule has 1 saturated heterocycles. The number of β-amino-alcohol motifs (C(OH)–C–C–N with tert-alkyl or cyclic N) is 1. The molecular formula is C26H25ClN4O3S. The van der Waals surface area contributed by atoms with E-state index >= 15 is 0 Å². The maximum atomic E-state index is 13.0. The number of benzene rings is 2. The van der Waals surface area contributed by atoms with Crippen molar-refractivity contribution in [2.24, 2.45) is 0 Å². The number of thiophene rings is 1. The Kier molecular flexibility index (Phi) is 7.35. The van der Waals surface area contributed by atoms with Crippen LogP contribution in [0, 0.1) is 6.92 Å². The summed E-state index contributed by atoms with van der Waals surface area (Å²) in [5.41, 5.74) is 4.40. The van der Waals surface area contributed by atoms with Gasteiger partial charge in [-0.15, -0.1) is 23.7 Å². The highest BCUT2D eigenvalue weighted by molar-refractivity contribution is 7.12. The highest BCUT2D eigenvalue weighted by Crippen LogP contribution is 2.26. The zero-order valence-corrected chi connectivity index (χ0v) is 20.7. The van der Waals surface area contributed by atoms with Crippen molar-refractivity contribution in [3.63, 3.8) is 0 Å². The zero-order chi connectivity index (χ0) is 23.7. The molecular weight excluding hydrogens is 484 g/mol. The Morgan fingerprint density at radius 2 is 2.03 bits per heavy atom. The third-order valence-electron chi connectivity index (χ3n) is 5.99. The quantitative estimate of drug-likeness (QED) is 0.354. The molecule has 2 amide bonds. The van der Waals surface area contributed by atoms with Crippen molar-refractivity contribution in [1.29, 1.82) is 0 Å². The van der Waals surface area contributed by atoms with Crippen LogP contribution < -0.4 is 5.32 Å². The van der Waals surface area contributed by atoms with Crippen molar-refractivity contribution in [3.8, 4) is 0 Å². The molecule has 2 aromatic heterocycles. The number of aromatic amines is 1. The number of fused-ring (bicyclic) bond motifs is 1. The Morgan fingerprint density at radius 3 is 2.77 bits per heavy atom. The second-order valence-electron chi connectivity index (χ2n) is 8.37. The third kappa shape index (κ3) is 5.14. The van der Waals surface area contributed by atoms with Gasteiger partial charge in [0.25, 0.3) is 11.8 Å². The van der Waals surface area contributed by atoms with Crippen LogP contribution in [0.2, 0.25) is 0 Å². The Balaban J connectivity index is 0.00000289. The second kappa shape index (κ2) is 10.4. The lowest BCUT2D eigenvalue weighted by atomic mass is 10.1. The normalized spacial score (nSPS) is 15.5. The molecule has 1 aliphatic heterocycles. The van der Waals surface area contributed by atoms with Gasteiger partial charge in [0.1, 0.15) is 0 Å². The van der Waals surface area contributed by atoms with Crippen LogP contribution in [0.25, 0.3) is 23.1 Å². The Labute approximate surface area is 212 Å². The van der Waals surface area contributed by atoms with E-state index in [4.69, 9.17) is 0 Å². The van der Waals surface area contributed by atoms with E-state index in [0.717, 1.165) is 27.7 Å². The summed E-state index contributed by atoms with van der Waals surface area (Å²) >= 11 is 1.38. The van der Waals surface area contributed by atoms with Crippen molar-refractivity contribution in [3.05, 3.63) is 81.2 Å². The summed E-state index contributed by atoms with van der Waals surface area (Å²) in [5, 5.41) is 23.1. The van der Waals surface area contributed by atoms with Crippen LogP contribution in [-0.4, -0.2) is 51.2 Å². The van der Waals surface area contributed by atoms with Crippen LogP contribution in [0.5, 0.6) is 0 Å². The van der Waals surface area contributed by atoms with Crippen LogP contribution >= 0.6 is 23.7 Å². The number of carbonyl (C=O) groups is 2. The molecule has 180 valence electrons. The molecule has 1 aliphatic rings. The van der Waals surface area contributed by atoms with E-state index in [1.165, 1.54) is 11.3 Å². The molecule has 0 aliphatic carbocycles. The van der Waals surface area contributed by atoms with Crippen LogP contribution in [0.1, 0.15) is 43.3 Å². The number of amides is 2. The lowest BCUT2D eigenvalue weighted by Gasteiger charge is -2.17. The van der Waals surface area contributed by atoms with Gasteiger partial charge in [-0.2, -0.15) is 5.10 Å². The molecule has 9 heteroatoms. The highest BCUT2D eigenvalue weighted by atomic mass is 35.5. The number of anilines is 1. The average molecular weight is 509 g/mol. The molecule has 1 fully saturated rings. The number of hydrogen-bond acceptors (Lipinski definition) is 5. The minimum absolute atomic E-state index is 0. The Bertz CT molecular complexity index is 1410. The van der Waals surface area contributed by atoms with Gasteiger partial charge >= 0.3 is 0 Å². The van der Waals surface area contributed by atoms with Crippen molar-refractivity contribution in [2.45, 2.75) is 19.4 Å². The smallest absolute Gasteiger partial charge is 0.266 e. The summed E-state index contributed by atoms with van der Waals surface area (Å²) < 4.78 is 0. The minimum Gasteiger partial charge on any atom is -0.391 e. The number of aliphatic hydroxyl groups is 1. The predicted octanol–water partition coefficient (Wildman–Crippen LogP) is 4.98.